The molecule has 0 saturated carbocycles. The standard InChI is InChI=1S/C17H22N4O4/c1-12-19-20(8-3-5-16(22)18-7-4-9-24-2)17(23)14-11-15-13(21(12)14)6-10-25-15/h6,10-11H,3-5,7-9H2,1-2H3,(H,18,22). The molecular formula is C17H22N4O4. The van der Waals surface area contributed by atoms with E-state index in [9.17, 15) is 9.59 Å². The number of aryl methyl sites for hydroxylation is 2. The summed E-state index contributed by atoms with van der Waals surface area (Å²) in [5.74, 6) is 0.678. The second-order valence-electron chi connectivity index (χ2n) is 5.91. The third kappa shape index (κ3) is 3.58. The van der Waals surface area contributed by atoms with Crippen LogP contribution in [0.15, 0.2) is 27.6 Å². The van der Waals surface area contributed by atoms with Gasteiger partial charge in [0.1, 0.15) is 11.3 Å². The number of carbonyl (C=O) groups is 1. The largest absolute Gasteiger partial charge is 0.463 e. The third-order valence-electron chi connectivity index (χ3n) is 4.09. The van der Waals surface area contributed by atoms with Gasteiger partial charge in [-0.2, -0.15) is 5.10 Å². The highest BCUT2D eigenvalue weighted by molar-refractivity contribution is 5.82. The van der Waals surface area contributed by atoms with Crippen LogP contribution in [0, 0.1) is 6.92 Å². The van der Waals surface area contributed by atoms with Gasteiger partial charge in [0, 0.05) is 45.4 Å². The van der Waals surface area contributed by atoms with Crippen LogP contribution in [-0.2, 0) is 16.1 Å². The van der Waals surface area contributed by atoms with E-state index in [1.807, 2.05) is 13.0 Å². The molecule has 0 unspecified atom stereocenters. The Morgan fingerprint density at radius 3 is 3.00 bits per heavy atom. The predicted octanol–water partition coefficient (Wildman–Crippen LogP) is 1.48. The summed E-state index contributed by atoms with van der Waals surface area (Å²) in [5, 5.41) is 7.19. The fraction of sp³-hybridized carbons (Fsp3) is 0.471. The lowest BCUT2D eigenvalue weighted by Gasteiger charge is -2.08. The topological polar surface area (TPSA) is 90.8 Å². The summed E-state index contributed by atoms with van der Waals surface area (Å²) in [7, 11) is 1.63. The fourth-order valence-electron chi connectivity index (χ4n) is 2.90. The molecule has 0 aliphatic rings. The number of furan rings is 1. The smallest absolute Gasteiger partial charge is 0.291 e. The lowest BCUT2D eigenvalue weighted by atomic mass is 10.3. The van der Waals surface area contributed by atoms with Gasteiger partial charge in [0.25, 0.3) is 5.56 Å². The van der Waals surface area contributed by atoms with E-state index >= 15 is 0 Å². The molecule has 3 rings (SSSR count). The minimum absolute atomic E-state index is 0.0258. The van der Waals surface area contributed by atoms with Gasteiger partial charge in [0.15, 0.2) is 5.58 Å². The first kappa shape index (κ1) is 17.2. The van der Waals surface area contributed by atoms with Gasteiger partial charge in [-0.05, 0) is 19.8 Å². The van der Waals surface area contributed by atoms with Crippen LogP contribution in [0.1, 0.15) is 25.1 Å². The van der Waals surface area contributed by atoms with E-state index in [-0.39, 0.29) is 11.5 Å². The SMILES string of the molecule is COCCCNC(=O)CCCn1nc(C)n2c(cc3occc32)c1=O. The van der Waals surface area contributed by atoms with Crippen molar-refractivity contribution in [3.63, 3.8) is 0 Å². The molecule has 0 bridgehead atoms. The van der Waals surface area contributed by atoms with Gasteiger partial charge in [-0.3, -0.25) is 14.0 Å². The molecule has 3 aromatic rings. The Morgan fingerprint density at radius 1 is 1.36 bits per heavy atom. The number of ether oxygens (including phenoxy) is 1. The number of nitrogens with zero attached hydrogens (tertiary/aromatic N) is 3. The van der Waals surface area contributed by atoms with E-state index in [0.29, 0.717) is 49.5 Å². The van der Waals surface area contributed by atoms with Crippen molar-refractivity contribution in [2.75, 3.05) is 20.3 Å². The van der Waals surface area contributed by atoms with E-state index in [2.05, 4.69) is 10.4 Å². The summed E-state index contributed by atoms with van der Waals surface area (Å²) in [6, 6.07) is 3.54. The molecule has 0 saturated heterocycles. The Hall–Kier alpha value is -2.61. The Balaban J connectivity index is 1.65. The van der Waals surface area contributed by atoms with Crippen molar-refractivity contribution in [2.45, 2.75) is 32.7 Å². The lowest BCUT2D eigenvalue weighted by Crippen LogP contribution is -2.28. The quantitative estimate of drug-likeness (QED) is 0.624. The summed E-state index contributed by atoms with van der Waals surface area (Å²) in [5.41, 5.74) is 1.85. The predicted molar refractivity (Wildman–Crippen MR) is 92.7 cm³/mol. The van der Waals surface area contributed by atoms with Crippen LogP contribution in [0.5, 0.6) is 0 Å². The van der Waals surface area contributed by atoms with Crippen LogP contribution < -0.4 is 10.9 Å². The number of fused-ring (bicyclic) bond motifs is 3. The van der Waals surface area contributed by atoms with Gasteiger partial charge in [0.05, 0.1) is 11.8 Å². The van der Waals surface area contributed by atoms with Gasteiger partial charge in [-0.25, -0.2) is 4.68 Å². The van der Waals surface area contributed by atoms with Crippen molar-refractivity contribution < 1.29 is 13.9 Å². The number of methoxy groups -OCH3 is 1. The Morgan fingerprint density at radius 2 is 2.20 bits per heavy atom. The molecule has 134 valence electrons. The van der Waals surface area contributed by atoms with Crippen LogP contribution in [0.2, 0.25) is 0 Å². The zero-order valence-corrected chi connectivity index (χ0v) is 14.4. The maximum atomic E-state index is 12.6. The minimum Gasteiger partial charge on any atom is -0.463 e. The van der Waals surface area contributed by atoms with Crippen molar-refractivity contribution in [3.05, 3.63) is 34.6 Å². The molecule has 0 radical (unpaired) electrons. The van der Waals surface area contributed by atoms with Crippen LogP contribution in [0.25, 0.3) is 16.6 Å². The molecule has 0 aromatic carbocycles. The summed E-state index contributed by atoms with van der Waals surface area (Å²) < 4.78 is 13.5. The van der Waals surface area contributed by atoms with Gasteiger partial charge in [-0.15, -0.1) is 0 Å². The van der Waals surface area contributed by atoms with Crippen LogP contribution in [-0.4, -0.2) is 40.3 Å². The maximum absolute atomic E-state index is 12.6. The normalized spacial score (nSPS) is 11.4. The zero-order valence-electron chi connectivity index (χ0n) is 14.4. The highest BCUT2D eigenvalue weighted by Crippen LogP contribution is 2.19. The Bertz CT molecular complexity index is 937. The number of rotatable bonds is 8. The lowest BCUT2D eigenvalue weighted by molar-refractivity contribution is -0.121. The first-order valence-electron chi connectivity index (χ1n) is 8.34. The van der Waals surface area contributed by atoms with E-state index in [1.54, 1.807) is 23.8 Å². The summed E-state index contributed by atoms with van der Waals surface area (Å²) in [6.45, 7) is 3.46. The van der Waals surface area contributed by atoms with Crippen molar-refractivity contribution in [1.29, 1.82) is 0 Å². The number of carbonyl (C=O) groups excluding carboxylic acids is 1. The average Bonchev–Trinajstić information content (AvgIpc) is 3.17. The molecule has 25 heavy (non-hydrogen) atoms. The minimum atomic E-state index is -0.183. The van der Waals surface area contributed by atoms with Crippen molar-refractivity contribution >= 4 is 22.5 Å². The van der Waals surface area contributed by atoms with Gasteiger partial charge < -0.3 is 14.5 Å². The molecular weight excluding hydrogens is 324 g/mol. The Kier molecular flexibility index (Phi) is 5.18. The molecule has 8 nitrogen and oxygen atoms in total. The molecule has 0 spiro atoms. The zero-order chi connectivity index (χ0) is 17.8. The second kappa shape index (κ2) is 7.52. The van der Waals surface area contributed by atoms with E-state index in [1.165, 1.54) is 4.68 Å². The summed E-state index contributed by atoms with van der Waals surface area (Å²) >= 11 is 0. The third-order valence-corrected chi connectivity index (χ3v) is 4.09. The number of nitrogens with one attached hydrogen (secondary N) is 1. The highest BCUT2D eigenvalue weighted by Gasteiger charge is 2.13. The van der Waals surface area contributed by atoms with E-state index < -0.39 is 0 Å². The molecule has 3 heterocycles. The molecule has 0 aliphatic heterocycles. The number of hydrogen-bond donors (Lipinski definition) is 1. The van der Waals surface area contributed by atoms with Crippen molar-refractivity contribution in [3.8, 4) is 0 Å². The molecule has 3 aromatic heterocycles. The Labute approximate surface area is 144 Å². The number of aromatic nitrogens is 3. The maximum Gasteiger partial charge on any atom is 0.291 e. The first-order valence-corrected chi connectivity index (χ1v) is 8.34. The van der Waals surface area contributed by atoms with Gasteiger partial charge in [0.2, 0.25) is 5.91 Å². The van der Waals surface area contributed by atoms with Crippen LogP contribution in [0.4, 0.5) is 0 Å². The molecule has 1 amide bonds. The fourth-order valence-corrected chi connectivity index (χ4v) is 2.90. The number of amides is 1. The molecule has 1 N–H and O–H groups in total. The first-order chi connectivity index (χ1) is 12.1. The van der Waals surface area contributed by atoms with Gasteiger partial charge >= 0.3 is 0 Å². The van der Waals surface area contributed by atoms with Gasteiger partial charge in [-0.1, -0.05) is 0 Å². The average molecular weight is 346 g/mol. The monoisotopic (exact) mass is 346 g/mol. The molecule has 0 fully saturated rings. The highest BCUT2D eigenvalue weighted by atomic mass is 16.5. The summed E-state index contributed by atoms with van der Waals surface area (Å²) in [6.07, 6.45) is 3.28. The van der Waals surface area contributed by atoms with Crippen molar-refractivity contribution in [1.82, 2.24) is 19.5 Å². The molecule has 0 aliphatic carbocycles. The van der Waals surface area contributed by atoms with Crippen LogP contribution in [0.3, 0.4) is 0 Å². The van der Waals surface area contributed by atoms with E-state index in [4.69, 9.17) is 9.15 Å². The number of hydrogen-bond acceptors (Lipinski definition) is 5. The van der Waals surface area contributed by atoms with E-state index in [0.717, 1.165) is 11.9 Å². The summed E-state index contributed by atoms with van der Waals surface area (Å²) in [4.78, 5) is 24.4. The van der Waals surface area contributed by atoms with Crippen LogP contribution >= 0.6 is 0 Å². The molecule has 0 atom stereocenters. The molecule has 8 heteroatoms. The van der Waals surface area contributed by atoms with Crippen molar-refractivity contribution in [2.24, 2.45) is 0 Å². The second-order valence-corrected chi connectivity index (χ2v) is 5.91.